The molecule has 7 heterocycles. The van der Waals surface area contributed by atoms with Crippen molar-refractivity contribution >= 4 is 0 Å². The molecule has 0 bridgehead atoms. The van der Waals surface area contributed by atoms with Gasteiger partial charge in [-0.15, -0.1) is 0 Å². The second kappa shape index (κ2) is 25.2. The second-order valence-electron chi connectivity index (χ2n) is 26.8. The highest BCUT2D eigenvalue weighted by Gasteiger charge is 2.70. The van der Waals surface area contributed by atoms with E-state index < -0.39 is 198 Å². The molecule has 7 aliphatic heterocycles. The molecule has 0 aromatic carbocycles. The van der Waals surface area contributed by atoms with Gasteiger partial charge in [-0.1, -0.05) is 27.7 Å². The van der Waals surface area contributed by atoms with Crippen molar-refractivity contribution < 1.29 is 139 Å². The summed E-state index contributed by atoms with van der Waals surface area (Å²) >= 11 is 0. The molecule has 1 spiro atoms. The van der Waals surface area contributed by atoms with Gasteiger partial charge in [0.25, 0.3) is 0 Å². The minimum atomic E-state index is -2.20. The van der Waals surface area contributed by atoms with Gasteiger partial charge in [0.05, 0.1) is 58.0 Å². The molecule has 16 N–H and O–H groups in total. The van der Waals surface area contributed by atoms with Gasteiger partial charge in [-0.3, -0.25) is 0 Å². The average molecular weight is 1210 g/mol. The van der Waals surface area contributed by atoms with E-state index in [1.165, 1.54) is 0 Å². The Kier molecular flexibility index (Phi) is 19.3. The predicted molar refractivity (Wildman–Crippen MR) is 276 cm³/mol. The highest BCUT2D eigenvalue weighted by molar-refractivity contribution is 5.17. The van der Waals surface area contributed by atoms with Crippen LogP contribution in [0.2, 0.25) is 0 Å². The third kappa shape index (κ3) is 11.2. The van der Waals surface area contributed by atoms with Crippen molar-refractivity contribution in [2.75, 3.05) is 39.6 Å². The van der Waals surface area contributed by atoms with E-state index in [1.54, 1.807) is 0 Å². The van der Waals surface area contributed by atoms with Crippen molar-refractivity contribution in [3.8, 4) is 0 Å². The molecule has 7 saturated heterocycles. The van der Waals surface area contributed by atoms with Gasteiger partial charge in [-0.05, 0) is 97.7 Å². The summed E-state index contributed by atoms with van der Waals surface area (Å²) in [6.45, 7) is 5.72. The molecule has 4 aliphatic carbocycles. The normalized spacial score (nSPS) is 57.7. The lowest BCUT2D eigenvalue weighted by atomic mass is 9.43. The van der Waals surface area contributed by atoms with Crippen molar-refractivity contribution in [3.63, 3.8) is 0 Å². The van der Waals surface area contributed by atoms with E-state index in [0.29, 0.717) is 61.9 Å². The predicted octanol–water partition coefficient (Wildman–Crippen LogP) is -5.48. The summed E-state index contributed by atoms with van der Waals surface area (Å²) in [5.41, 5.74) is -0.182. The van der Waals surface area contributed by atoms with Crippen LogP contribution in [-0.2, 0) is 56.8 Å². The van der Waals surface area contributed by atoms with E-state index in [4.69, 9.17) is 56.8 Å². The zero-order chi connectivity index (χ0) is 60.2. The topological polar surface area (TPSA) is 434 Å². The van der Waals surface area contributed by atoms with Crippen LogP contribution in [0.4, 0.5) is 0 Å². The Morgan fingerprint density at radius 2 is 0.988 bits per heavy atom. The van der Waals surface area contributed by atoms with Crippen molar-refractivity contribution in [1.82, 2.24) is 0 Å². The Hall–Kier alpha value is -1.12. The number of aliphatic hydroxyl groups excluding tert-OH is 16. The fourth-order valence-corrected chi connectivity index (χ4v) is 17.4. The minimum Gasteiger partial charge on any atom is -0.394 e. The van der Waals surface area contributed by atoms with Crippen molar-refractivity contribution in [1.29, 1.82) is 0 Å². The van der Waals surface area contributed by atoms with Crippen LogP contribution in [0.5, 0.6) is 0 Å². The first kappa shape index (κ1) is 64.4. The van der Waals surface area contributed by atoms with Gasteiger partial charge in [0, 0.05) is 12.3 Å². The maximum Gasteiger partial charge on any atom is 0.187 e. The standard InChI is InChI=1S/C56H92O28/c1-20-5-10-56(74-18-20)21(2)34-29(84-56)13-25-23-12-27(61)26-11-22(6-8-54(26,3)24(23)7-9-55(25,34)4)75-50-43(71)40(68)45(33(17-60)79-50)80-53-48(47(38(66)32(16-59)78-53)82-49-41(69)35(63)28(62)19-73-49)83-52-44(72)46(37(65)31(15-58)77-52)81-51-42(70)39(67)36(64)30(14-57)76-51/h20-53,57-72H,5-19H2,1-4H3. The quantitative estimate of drug-likeness (QED) is 0.0722. The molecule has 0 radical (unpaired) electrons. The van der Waals surface area contributed by atoms with Gasteiger partial charge in [0.15, 0.2) is 37.2 Å². The number of fused-ring (bicyclic) bond motifs is 7. The summed E-state index contributed by atoms with van der Waals surface area (Å²) in [7, 11) is 0. The molecule has 11 fully saturated rings. The van der Waals surface area contributed by atoms with Crippen LogP contribution < -0.4 is 0 Å². The summed E-state index contributed by atoms with van der Waals surface area (Å²) in [6.07, 6.45) is -38.5. The van der Waals surface area contributed by atoms with Crippen molar-refractivity contribution in [3.05, 3.63) is 0 Å². The van der Waals surface area contributed by atoms with Gasteiger partial charge in [-0.25, -0.2) is 0 Å². The third-order valence-corrected chi connectivity index (χ3v) is 22.1. The van der Waals surface area contributed by atoms with E-state index in [2.05, 4.69) is 27.7 Å². The Morgan fingerprint density at radius 1 is 0.429 bits per heavy atom. The first-order valence-electron chi connectivity index (χ1n) is 30.3. The summed E-state index contributed by atoms with van der Waals surface area (Å²) in [6, 6.07) is 0. The van der Waals surface area contributed by atoms with Crippen LogP contribution in [0.3, 0.4) is 0 Å². The van der Waals surface area contributed by atoms with Crippen LogP contribution in [-0.4, -0.2) is 293 Å². The maximum absolute atomic E-state index is 12.2. The fourth-order valence-electron chi connectivity index (χ4n) is 17.4. The highest BCUT2D eigenvalue weighted by Crippen LogP contribution is 2.71. The summed E-state index contributed by atoms with van der Waals surface area (Å²) in [5.74, 6) is 1.48. The lowest BCUT2D eigenvalue weighted by Crippen LogP contribution is -2.69. The summed E-state index contributed by atoms with van der Waals surface area (Å²) in [4.78, 5) is 0. The maximum atomic E-state index is 12.2. The van der Waals surface area contributed by atoms with Crippen LogP contribution >= 0.6 is 0 Å². The number of aliphatic hydroxyl groups is 16. The summed E-state index contributed by atoms with van der Waals surface area (Å²) < 4.78 is 73.2. The zero-order valence-corrected chi connectivity index (χ0v) is 47.8. The molecule has 484 valence electrons. The molecule has 4 saturated carbocycles. The van der Waals surface area contributed by atoms with E-state index in [-0.39, 0.29) is 28.8 Å². The molecule has 37 unspecified atom stereocenters. The molecule has 28 nitrogen and oxygen atoms in total. The van der Waals surface area contributed by atoms with Crippen LogP contribution in [0.15, 0.2) is 0 Å². The molecule has 0 aromatic heterocycles. The second-order valence-corrected chi connectivity index (χ2v) is 26.8. The Bertz CT molecular complexity index is 2180. The van der Waals surface area contributed by atoms with Gasteiger partial charge < -0.3 is 139 Å². The molecular formula is C56H92O28. The largest absolute Gasteiger partial charge is 0.394 e. The lowest BCUT2D eigenvalue weighted by Gasteiger charge is -2.62. The van der Waals surface area contributed by atoms with Crippen LogP contribution in [0.25, 0.3) is 0 Å². The molecule has 84 heavy (non-hydrogen) atoms. The van der Waals surface area contributed by atoms with Gasteiger partial charge in [0.1, 0.15) is 116 Å². The Labute approximate surface area is 486 Å². The van der Waals surface area contributed by atoms with Gasteiger partial charge in [0.2, 0.25) is 0 Å². The van der Waals surface area contributed by atoms with E-state index in [0.717, 1.165) is 32.1 Å². The number of hydrogen-bond donors (Lipinski definition) is 16. The number of rotatable bonds is 14. The zero-order valence-electron chi connectivity index (χ0n) is 47.8. The molecule has 28 heteroatoms. The lowest BCUT2D eigenvalue weighted by molar-refractivity contribution is -0.409. The molecule has 11 rings (SSSR count). The number of ether oxygens (including phenoxy) is 12. The van der Waals surface area contributed by atoms with E-state index in [1.807, 2.05) is 0 Å². The summed E-state index contributed by atoms with van der Waals surface area (Å²) in [5, 5.41) is 176. The van der Waals surface area contributed by atoms with E-state index in [9.17, 15) is 81.7 Å². The van der Waals surface area contributed by atoms with Gasteiger partial charge >= 0.3 is 0 Å². The Balaban J connectivity index is 0.791. The van der Waals surface area contributed by atoms with Crippen molar-refractivity contribution in [2.45, 2.75) is 257 Å². The molecular weight excluding hydrogens is 1120 g/mol. The first-order valence-corrected chi connectivity index (χ1v) is 30.3. The molecule has 11 aliphatic rings. The third-order valence-electron chi connectivity index (χ3n) is 22.1. The molecule has 0 aromatic rings. The average Bonchev–Trinajstić information content (AvgIpc) is 1.53. The molecule has 37 atom stereocenters. The minimum absolute atomic E-state index is 0.0462. The SMILES string of the molecule is CC1CCC2(OC1)OC1CC3C4CC(O)C5CC(OC6OC(CO)C(OC7OC(CO)C(O)C(OC8OCC(O)C(O)C8O)C7OC7OC(CO)C(O)C(OC8OC(CO)C(O)C(O)C8O)C7O)C(O)C6O)CCC5(C)C4CCC3(C)C1C2C. The van der Waals surface area contributed by atoms with Crippen LogP contribution in [0.1, 0.15) is 85.5 Å². The van der Waals surface area contributed by atoms with E-state index >= 15 is 0 Å². The number of hydrogen-bond acceptors (Lipinski definition) is 28. The highest BCUT2D eigenvalue weighted by atomic mass is 16.8. The van der Waals surface area contributed by atoms with Crippen LogP contribution in [0, 0.1) is 52.3 Å². The fraction of sp³-hybridized carbons (Fsp3) is 1.00. The van der Waals surface area contributed by atoms with Crippen molar-refractivity contribution in [2.24, 2.45) is 52.3 Å². The monoisotopic (exact) mass is 1210 g/mol. The molecule has 0 amide bonds. The Morgan fingerprint density at radius 3 is 1.65 bits per heavy atom. The smallest absolute Gasteiger partial charge is 0.187 e. The first-order chi connectivity index (χ1) is 39.9. The van der Waals surface area contributed by atoms with Gasteiger partial charge in [-0.2, -0.15) is 0 Å².